The maximum atomic E-state index is 12.9. The minimum Gasteiger partial charge on any atom is -0.402 e. The van der Waals surface area contributed by atoms with Crippen molar-refractivity contribution < 1.29 is 26.9 Å². The van der Waals surface area contributed by atoms with Gasteiger partial charge in [-0.25, -0.2) is 4.79 Å². The van der Waals surface area contributed by atoms with Crippen molar-refractivity contribution in [1.82, 2.24) is 9.55 Å². The van der Waals surface area contributed by atoms with E-state index in [1.165, 1.54) is 22.9 Å². The van der Waals surface area contributed by atoms with Crippen molar-refractivity contribution in [2.24, 2.45) is 0 Å². The molecule has 4 aromatic rings. The van der Waals surface area contributed by atoms with Gasteiger partial charge >= 0.3 is 5.69 Å². The molecule has 2 heterocycles. The van der Waals surface area contributed by atoms with Crippen LogP contribution in [0.1, 0.15) is 57.4 Å². The number of nitrogens with zero attached hydrogens (tertiary/aromatic N) is 1. The molecule has 0 radical (unpaired) electrons. The molecule has 5 rings (SSSR count). The fraction of sp³-hybridized carbons (Fsp3) is 0.389. The largest absolute Gasteiger partial charge is 0.402 e. The van der Waals surface area contributed by atoms with E-state index in [-0.39, 0.29) is 35.8 Å². The molecular weight excluding hydrogens is 649 g/mol. The number of benzene rings is 3. The van der Waals surface area contributed by atoms with Crippen LogP contribution in [0.15, 0.2) is 106 Å². The molecule has 1 aliphatic rings. The van der Waals surface area contributed by atoms with Gasteiger partial charge in [0.25, 0.3) is 24.0 Å². The maximum absolute atomic E-state index is 12.9. The Labute approximate surface area is 282 Å². The molecule has 0 amide bonds. The molecule has 1 aliphatic heterocycles. The Kier molecular flexibility index (Phi) is 10.7. The smallest absolute Gasteiger partial charge is 0.330 e. The van der Waals surface area contributed by atoms with Gasteiger partial charge in [-0.2, -0.15) is 8.42 Å². The Balaban J connectivity index is 1.46. The normalized spacial score (nSPS) is 19.3. The Morgan fingerprint density at radius 3 is 2.10 bits per heavy atom. The molecular formula is C36H44N2O8SSi. The molecule has 0 saturated carbocycles. The van der Waals surface area contributed by atoms with Gasteiger partial charge < -0.3 is 14.3 Å². The lowest BCUT2D eigenvalue weighted by atomic mass is 10.0. The van der Waals surface area contributed by atoms with Crippen LogP contribution in [0.5, 0.6) is 0 Å². The van der Waals surface area contributed by atoms with Crippen LogP contribution in [0.4, 0.5) is 0 Å². The van der Waals surface area contributed by atoms with Crippen molar-refractivity contribution in [2.75, 3.05) is 6.61 Å². The molecule has 1 fully saturated rings. The van der Waals surface area contributed by atoms with Crippen LogP contribution in [0.2, 0.25) is 5.04 Å². The van der Waals surface area contributed by atoms with E-state index in [1.54, 1.807) is 19.1 Å². The summed E-state index contributed by atoms with van der Waals surface area (Å²) in [4.78, 5) is 27.5. The van der Waals surface area contributed by atoms with Crippen molar-refractivity contribution in [3.05, 3.63) is 123 Å². The highest BCUT2D eigenvalue weighted by Crippen LogP contribution is 2.42. The average Bonchev–Trinajstić information content (AvgIpc) is 3.47. The van der Waals surface area contributed by atoms with E-state index in [4.69, 9.17) is 13.3 Å². The summed E-state index contributed by atoms with van der Waals surface area (Å²) in [6, 6.07) is 26.6. The number of nitrogens with one attached hydrogen (secondary N) is 1. The lowest BCUT2D eigenvalue weighted by molar-refractivity contribution is -0.0836. The van der Waals surface area contributed by atoms with Gasteiger partial charge in [0.2, 0.25) is 0 Å². The zero-order chi connectivity index (χ0) is 34.7. The van der Waals surface area contributed by atoms with Crippen LogP contribution in [0, 0.1) is 13.8 Å². The summed E-state index contributed by atoms with van der Waals surface area (Å²) >= 11 is 0. The van der Waals surface area contributed by atoms with Crippen molar-refractivity contribution in [3.8, 4) is 0 Å². The summed E-state index contributed by atoms with van der Waals surface area (Å²) in [6.07, 6.45) is -1.36. The third-order valence-electron chi connectivity index (χ3n) is 8.89. The highest BCUT2D eigenvalue weighted by Gasteiger charge is 2.54. The molecule has 48 heavy (non-hydrogen) atoms. The van der Waals surface area contributed by atoms with Gasteiger partial charge in [0.1, 0.15) is 12.3 Å². The minimum absolute atomic E-state index is 0.0658. The van der Waals surface area contributed by atoms with Crippen molar-refractivity contribution in [2.45, 2.75) is 88.4 Å². The van der Waals surface area contributed by atoms with Crippen molar-refractivity contribution in [1.29, 1.82) is 0 Å². The van der Waals surface area contributed by atoms with Crippen LogP contribution in [-0.4, -0.2) is 56.3 Å². The molecule has 256 valence electrons. The van der Waals surface area contributed by atoms with Crippen LogP contribution in [0.25, 0.3) is 0 Å². The highest BCUT2D eigenvalue weighted by atomic mass is 32.2. The standard InChI is InChI=1S/C36H44N2O8SSi/c1-25-18-20-27(21-19-25)47(42,43)44-22-12-17-30(39)33-31(23-32(45-33)38-24-26(2)34(40)37-35(38)41)46-48(36(3,4)5,28-13-8-6-9-14-28)29-15-10-7-11-16-29/h6-11,13-16,18-21,24,30-33,39H,12,17,22-23H2,1-5H3,(H,37,40,41)/t30-,31-,32+,33+/m0/s1. The van der Waals surface area contributed by atoms with E-state index < -0.39 is 54.2 Å². The molecule has 0 aliphatic carbocycles. The number of hydrogen-bond acceptors (Lipinski definition) is 8. The van der Waals surface area contributed by atoms with Crippen molar-refractivity contribution in [3.63, 3.8) is 0 Å². The van der Waals surface area contributed by atoms with Gasteiger partial charge in [0.05, 0.1) is 23.7 Å². The number of aromatic nitrogens is 2. The third-order valence-corrected chi connectivity index (χ3v) is 15.3. The number of aromatic amines is 1. The van der Waals surface area contributed by atoms with E-state index in [2.05, 4.69) is 50.0 Å². The van der Waals surface area contributed by atoms with Gasteiger partial charge in [-0.15, -0.1) is 0 Å². The highest BCUT2D eigenvalue weighted by molar-refractivity contribution is 7.86. The first-order chi connectivity index (χ1) is 22.7. The molecule has 1 aromatic heterocycles. The first-order valence-corrected chi connectivity index (χ1v) is 19.4. The second-order valence-corrected chi connectivity index (χ2v) is 19.3. The van der Waals surface area contributed by atoms with Crippen LogP contribution in [-0.2, 0) is 23.5 Å². The summed E-state index contributed by atoms with van der Waals surface area (Å²) in [7, 11) is -7.07. The molecule has 1 saturated heterocycles. The Morgan fingerprint density at radius 1 is 0.958 bits per heavy atom. The number of hydrogen-bond donors (Lipinski definition) is 2. The number of rotatable bonds is 12. The second-order valence-electron chi connectivity index (χ2n) is 13.4. The fourth-order valence-electron chi connectivity index (χ4n) is 6.41. The third kappa shape index (κ3) is 7.48. The summed E-state index contributed by atoms with van der Waals surface area (Å²) < 4.78 is 45.9. The summed E-state index contributed by atoms with van der Waals surface area (Å²) in [5, 5.41) is 13.4. The zero-order valence-corrected chi connectivity index (χ0v) is 29.8. The summed E-state index contributed by atoms with van der Waals surface area (Å²) in [5.74, 6) is 0. The quantitative estimate of drug-likeness (QED) is 0.130. The van der Waals surface area contributed by atoms with E-state index in [1.807, 2.05) is 43.3 Å². The first kappa shape index (κ1) is 35.6. The Hall–Kier alpha value is -3.65. The van der Waals surface area contributed by atoms with Crippen LogP contribution in [0.3, 0.4) is 0 Å². The van der Waals surface area contributed by atoms with Gasteiger partial charge in [-0.05, 0) is 54.2 Å². The molecule has 12 heteroatoms. The van der Waals surface area contributed by atoms with Crippen LogP contribution >= 0.6 is 0 Å². The maximum Gasteiger partial charge on any atom is 0.330 e. The topological polar surface area (TPSA) is 137 Å². The van der Waals surface area contributed by atoms with Crippen LogP contribution < -0.4 is 21.6 Å². The van der Waals surface area contributed by atoms with E-state index in [0.717, 1.165) is 15.9 Å². The molecule has 0 bridgehead atoms. The zero-order valence-electron chi connectivity index (χ0n) is 28.0. The van der Waals surface area contributed by atoms with Gasteiger partial charge in [-0.1, -0.05) is 99.1 Å². The van der Waals surface area contributed by atoms with E-state index >= 15 is 0 Å². The monoisotopic (exact) mass is 692 g/mol. The number of ether oxygens (including phenoxy) is 1. The molecule has 3 aromatic carbocycles. The molecule has 4 atom stereocenters. The van der Waals surface area contributed by atoms with Gasteiger partial charge in [0.15, 0.2) is 0 Å². The average molecular weight is 693 g/mol. The van der Waals surface area contributed by atoms with E-state index in [0.29, 0.717) is 5.56 Å². The molecule has 2 N–H and O–H groups in total. The lowest BCUT2D eigenvalue weighted by Crippen LogP contribution is -2.68. The first-order valence-electron chi connectivity index (χ1n) is 16.1. The number of aryl methyl sites for hydroxylation is 2. The van der Waals surface area contributed by atoms with Gasteiger partial charge in [-0.3, -0.25) is 18.5 Å². The number of aliphatic hydroxyl groups excluding tert-OH is 1. The Morgan fingerprint density at radius 2 is 1.54 bits per heavy atom. The predicted molar refractivity (Wildman–Crippen MR) is 187 cm³/mol. The minimum atomic E-state index is -3.96. The summed E-state index contributed by atoms with van der Waals surface area (Å²) in [6.45, 7) is 9.80. The lowest BCUT2D eigenvalue weighted by Gasteiger charge is -2.45. The molecule has 10 nitrogen and oxygen atoms in total. The van der Waals surface area contributed by atoms with Gasteiger partial charge in [0, 0.05) is 18.2 Å². The Bertz CT molecular complexity index is 1870. The molecule has 0 spiro atoms. The van der Waals surface area contributed by atoms with E-state index in [9.17, 15) is 23.1 Å². The van der Waals surface area contributed by atoms with Crippen molar-refractivity contribution >= 4 is 28.8 Å². The SMILES string of the molecule is Cc1ccc(S(=O)(=O)OCCC[C@H](O)[C@H]2O[C@@H](n3cc(C)c(=O)[nH]c3=O)C[C@@H]2O[Si](c2ccccc2)(c2ccccc2)C(C)(C)C)cc1. The predicted octanol–water partition coefficient (Wildman–Crippen LogP) is 3.93. The molecule has 0 unspecified atom stereocenters. The fourth-order valence-corrected chi connectivity index (χ4v) is 12.0. The number of H-pyrrole nitrogens is 1. The second kappa shape index (κ2) is 14.4. The summed E-state index contributed by atoms with van der Waals surface area (Å²) in [5.41, 5.74) is 0.177. The number of aliphatic hydroxyl groups is 1.